The fraction of sp³-hybridized carbons (Fsp3) is 1.00. The second-order valence-electron chi connectivity index (χ2n) is 6.89. The second kappa shape index (κ2) is 7.61. The van der Waals surface area contributed by atoms with E-state index in [9.17, 15) is 0 Å². The maximum atomic E-state index is 6.27. The van der Waals surface area contributed by atoms with E-state index in [4.69, 9.17) is 5.73 Å². The van der Waals surface area contributed by atoms with Crippen molar-refractivity contribution < 1.29 is 0 Å². The highest BCUT2D eigenvalue weighted by Crippen LogP contribution is 2.40. The lowest BCUT2D eigenvalue weighted by molar-refractivity contribution is -0.00707. The SMILES string of the molecule is CCCN(CCN(C)C)C1(CN)CC(C)CCC1C. The van der Waals surface area contributed by atoms with Crippen LogP contribution in [0.15, 0.2) is 0 Å². The first-order valence-corrected chi connectivity index (χ1v) is 8.06. The molecule has 3 nitrogen and oxygen atoms in total. The molecule has 1 aliphatic rings. The Labute approximate surface area is 120 Å². The van der Waals surface area contributed by atoms with Gasteiger partial charge in [-0.2, -0.15) is 0 Å². The Morgan fingerprint density at radius 1 is 1.11 bits per heavy atom. The van der Waals surface area contributed by atoms with Gasteiger partial charge < -0.3 is 10.6 Å². The quantitative estimate of drug-likeness (QED) is 0.770. The number of likely N-dealkylation sites (N-methyl/N-ethyl adjacent to an activating group) is 1. The summed E-state index contributed by atoms with van der Waals surface area (Å²) in [6.45, 7) is 11.4. The predicted molar refractivity (Wildman–Crippen MR) is 84.4 cm³/mol. The van der Waals surface area contributed by atoms with Gasteiger partial charge in [-0.15, -0.1) is 0 Å². The molecule has 1 fully saturated rings. The molecule has 0 aliphatic heterocycles. The molecular formula is C16H35N3. The number of nitrogens with two attached hydrogens (primary N) is 1. The fourth-order valence-electron chi connectivity index (χ4n) is 3.71. The van der Waals surface area contributed by atoms with Gasteiger partial charge in [-0.1, -0.05) is 27.2 Å². The summed E-state index contributed by atoms with van der Waals surface area (Å²) in [7, 11) is 4.32. The minimum Gasteiger partial charge on any atom is -0.329 e. The third-order valence-corrected chi connectivity index (χ3v) is 5.01. The van der Waals surface area contributed by atoms with E-state index in [1.807, 2.05) is 0 Å². The van der Waals surface area contributed by atoms with Gasteiger partial charge in [0, 0.05) is 25.2 Å². The summed E-state index contributed by atoms with van der Waals surface area (Å²) in [4.78, 5) is 4.98. The molecule has 0 saturated heterocycles. The summed E-state index contributed by atoms with van der Waals surface area (Å²) >= 11 is 0. The van der Waals surface area contributed by atoms with Gasteiger partial charge >= 0.3 is 0 Å². The van der Waals surface area contributed by atoms with E-state index in [-0.39, 0.29) is 5.54 Å². The maximum absolute atomic E-state index is 6.27. The monoisotopic (exact) mass is 269 g/mol. The Morgan fingerprint density at radius 2 is 1.79 bits per heavy atom. The van der Waals surface area contributed by atoms with Gasteiger partial charge in [-0.25, -0.2) is 0 Å². The molecule has 1 saturated carbocycles. The van der Waals surface area contributed by atoms with Crippen LogP contribution in [0.5, 0.6) is 0 Å². The third kappa shape index (κ3) is 4.17. The van der Waals surface area contributed by atoms with Gasteiger partial charge in [0.2, 0.25) is 0 Å². The number of rotatable bonds is 7. The molecule has 0 radical (unpaired) electrons. The van der Waals surface area contributed by atoms with E-state index in [0.717, 1.165) is 31.5 Å². The summed E-state index contributed by atoms with van der Waals surface area (Å²) in [5.41, 5.74) is 6.51. The molecule has 3 atom stereocenters. The van der Waals surface area contributed by atoms with Crippen molar-refractivity contribution in [2.45, 2.75) is 52.0 Å². The minimum atomic E-state index is 0.240. The summed E-state index contributed by atoms with van der Waals surface area (Å²) in [6.07, 6.45) is 5.20. The summed E-state index contributed by atoms with van der Waals surface area (Å²) in [5, 5.41) is 0. The molecule has 3 unspecified atom stereocenters. The summed E-state index contributed by atoms with van der Waals surface area (Å²) < 4.78 is 0. The maximum Gasteiger partial charge on any atom is 0.0360 e. The van der Waals surface area contributed by atoms with Crippen LogP contribution in [-0.4, -0.2) is 55.6 Å². The van der Waals surface area contributed by atoms with E-state index < -0.39 is 0 Å². The normalized spacial score (nSPS) is 32.2. The highest BCUT2D eigenvalue weighted by atomic mass is 15.2. The van der Waals surface area contributed by atoms with Crippen LogP contribution in [-0.2, 0) is 0 Å². The highest BCUT2D eigenvalue weighted by Gasteiger charge is 2.43. The van der Waals surface area contributed by atoms with Crippen molar-refractivity contribution in [3.05, 3.63) is 0 Å². The molecule has 0 heterocycles. The zero-order chi connectivity index (χ0) is 14.5. The second-order valence-corrected chi connectivity index (χ2v) is 6.89. The Bertz CT molecular complexity index is 254. The molecule has 0 bridgehead atoms. The molecule has 0 aromatic heterocycles. The van der Waals surface area contributed by atoms with E-state index in [2.05, 4.69) is 44.7 Å². The van der Waals surface area contributed by atoms with Gasteiger partial charge in [0.15, 0.2) is 0 Å². The Hall–Kier alpha value is -0.120. The molecule has 0 aromatic rings. The van der Waals surface area contributed by atoms with E-state index in [1.54, 1.807) is 0 Å². The topological polar surface area (TPSA) is 32.5 Å². The molecule has 0 amide bonds. The van der Waals surface area contributed by atoms with Gasteiger partial charge in [0.25, 0.3) is 0 Å². The van der Waals surface area contributed by atoms with Gasteiger partial charge in [-0.3, -0.25) is 4.90 Å². The first-order valence-electron chi connectivity index (χ1n) is 8.06. The molecule has 3 heteroatoms. The lowest BCUT2D eigenvalue weighted by Gasteiger charge is -2.52. The average molecular weight is 269 g/mol. The molecule has 1 aliphatic carbocycles. The van der Waals surface area contributed by atoms with Crippen LogP contribution in [0.2, 0.25) is 0 Å². The van der Waals surface area contributed by atoms with E-state index in [0.29, 0.717) is 0 Å². The molecular weight excluding hydrogens is 234 g/mol. The van der Waals surface area contributed by atoms with Crippen LogP contribution >= 0.6 is 0 Å². The Kier molecular flexibility index (Phi) is 6.78. The van der Waals surface area contributed by atoms with Gasteiger partial charge in [0.1, 0.15) is 0 Å². The van der Waals surface area contributed by atoms with Crippen molar-refractivity contribution in [1.29, 1.82) is 0 Å². The van der Waals surface area contributed by atoms with E-state index >= 15 is 0 Å². The number of nitrogens with zero attached hydrogens (tertiary/aromatic N) is 2. The lowest BCUT2D eigenvalue weighted by Crippen LogP contribution is -2.61. The largest absolute Gasteiger partial charge is 0.329 e. The standard InChI is InChI=1S/C16H35N3/c1-6-9-19(11-10-18(4)5)16(13-17)12-14(2)7-8-15(16)3/h14-15H,6-13,17H2,1-5H3. The first-order chi connectivity index (χ1) is 8.96. The molecule has 2 N–H and O–H groups in total. The van der Waals surface area contributed by atoms with Gasteiger partial charge in [-0.05, 0) is 51.7 Å². The Balaban J connectivity index is 2.85. The smallest absolute Gasteiger partial charge is 0.0360 e. The summed E-state index contributed by atoms with van der Waals surface area (Å²) in [6, 6.07) is 0. The van der Waals surface area contributed by atoms with Crippen LogP contribution in [0.25, 0.3) is 0 Å². The zero-order valence-electron chi connectivity index (χ0n) is 13.8. The zero-order valence-corrected chi connectivity index (χ0v) is 13.8. The molecule has 19 heavy (non-hydrogen) atoms. The van der Waals surface area contributed by atoms with Crippen molar-refractivity contribution in [2.75, 3.05) is 40.3 Å². The van der Waals surface area contributed by atoms with Crippen molar-refractivity contribution in [1.82, 2.24) is 9.80 Å². The van der Waals surface area contributed by atoms with Crippen molar-refractivity contribution in [2.24, 2.45) is 17.6 Å². The van der Waals surface area contributed by atoms with Crippen molar-refractivity contribution in [3.8, 4) is 0 Å². The Morgan fingerprint density at radius 3 is 2.32 bits per heavy atom. The third-order valence-electron chi connectivity index (χ3n) is 5.01. The van der Waals surface area contributed by atoms with Gasteiger partial charge in [0.05, 0.1) is 0 Å². The fourth-order valence-corrected chi connectivity index (χ4v) is 3.71. The number of hydrogen-bond donors (Lipinski definition) is 1. The molecule has 114 valence electrons. The first kappa shape index (κ1) is 16.9. The predicted octanol–water partition coefficient (Wildman–Crippen LogP) is 2.41. The highest BCUT2D eigenvalue weighted by molar-refractivity contribution is 5.00. The lowest BCUT2D eigenvalue weighted by atomic mass is 9.68. The van der Waals surface area contributed by atoms with Crippen LogP contribution in [0.3, 0.4) is 0 Å². The molecule has 0 aromatic carbocycles. The van der Waals surface area contributed by atoms with Crippen molar-refractivity contribution in [3.63, 3.8) is 0 Å². The molecule has 1 rings (SSSR count). The van der Waals surface area contributed by atoms with Crippen LogP contribution < -0.4 is 5.73 Å². The van der Waals surface area contributed by atoms with Crippen molar-refractivity contribution >= 4 is 0 Å². The van der Waals surface area contributed by atoms with Crippen LogP contribution in [0, 0.1) is 11.8 Å². The molecule has 0 spiro atoms. The van der Waals surface area contributed by atoms with E-state index in [1.165, 1.54) is 32.2 Å². The average Bonchev–Trinajstić information content (AvgIpc) is 2.37. The van der Waals surface area contributed by atoms with Crippen LogP contribution in [0.4, 0.5) is 0 Å². The van der Waals surface area contributed by atoms with Crippen LogP contribution in [0.1, 0.15) is 46.5 Å². The number of hydrogen-bond acceptors (Lipinski definition) is 3. The minimum absolute atomic E-state index is 0.240. The summed E-state index contributed by atoms with van der Waals surface area (Å²) in [5.74, 6) is 1.54.